The number of rotatable bonds is 3. The summed E-state index contributed by atoms with van der Waals surface area (Å²) in [5, 5.41) is 0.906. The summed E-state index contributed by atoms with van der Waals surface area (Å²) in [6.45, 7) is -0.146. The van der Waals surface area contributed by atoms with Crippen LogP contribution in [0.5, 0.6) is 0 Å². The maximum absolute atomic E-state index is 11.9. The van der Waals surface area contributed by atoms with E-state index in [4.69, 9.17) is 11.6 Å². The van der Waals surface area contributed by atoms with Crippen molar-refractivity contribution < 1.29 is 19.1 Å². The summed E-state index contributed by atoms with van der Waals surface area (Å²) < 4.78 is 9.80. The van der Waals surface area contributed by atoms with Gasteiger partial charge in [-0.25, -0.2) is 19.9 Å². The first-order valence-electron chi connectivity index (χ1n) is 9.19. The zero-order valence-corrected chi connectivity index (χ0v) is 18.4. The molecule has 1 N–H and O–H groups in total. The summed E-state index contributed by atoms with van der Waals surface area (Å²) in [5.74, 6) is -0.944. The number of hydrogen-bond donors (Lipinski definition) is 1. The van der Waals surface area contributed by atoms with Crippen molar-refractivity contribution in [1.29, 1.82) is 0 Å². The first kappa shape index (κ1) is 25.1. The zero-order chi connectivity index (χ0) is 24.2. The molecule has 0 spiro atoms. The van der Waals surface area contributed by atoms with Crippen molar-refractivity contribution in [1.82, 2.24) is 29.5 Å². The van der Waals surface area contributed by atoms with Crippen LogP contribution in [0.15, 0.2) is 58.9 Å². The van der Waals surface area contributed by atoms with Gasteiger partial charge in [0.1, 0.15) is 18.8 Å². The number of hydrogen-bond acceptors (Lipinski definition) is 10. The van der Waals surface area contributed by atoms with Crippen LogP contribution in [0.3, 0.4) is 0 Å². The van der Waals surface area contributed by atoms with Gasteiger partial charge in [0, 0.05) is 12.4 Å². The predicted molar refractivity (Wildman–Crippen MR) is 119 cm³/mol. The number of esters is 2. The number of nitrogens with zero attached hydrogens (tertiary/aromatic N) is 5. The molecule has 0 aromatic carbocycles. The molecule has 4 rings (SSSR count). The molecule has 4 aromatic rings. The second kappa shape index (κ2) is 12.6. The first-order chi connectivity index (χ1) is 15.9. The van der Waals surface area contributed by atoms with E-state index >= 15 is 0 Å². The van der Waals surface area contributed by atoms with Crippen molar-refractivity contribution in [3.8, 4) is 0 Å². The molecule has 13 heteroatoms. The minimum absolute atomic E-state index is 0.0590. The second-order valence-electron chi connectivity index (χ2n) is 5.94. The van der Waals surface area contributed by atoms with E-state index in [1.165, 1.54) is 31.4 Å². The van der Waals surface area contributed by atoms with E-state index in [-0.39, 0.29) is 23.5 Å². The van der Waals surface area contributed by atoms with Crippen molar-refractivity contribution in [2.45, 2.75) is 6.54 Å². The number of alkyl halides is 1. The highest BCUT2D eigenvalue weighted by molar-refractivity contribution is 6.26. The molecule has 0 amide bonds. The van der Waals surface area contributed by atoms with Gasteiger partial charge in [-0.15, -0.1) is 11.6 Å². The Morgan fingerprint density at radius 2 is 1.55 bits per heavy atom. The number of halogens is 1. The van der Waals surface area contributed by atoms with Gasteiger partial charge >= 0.3 is 11.9 Å². The number of pyridine rings is 2. The fourth-order valence-corrected chi connectivity index (χ4v) is 2.39. The highest BCUT2D eigenvalue weighted by Crippen LogP contribution is 2.01. The van der Waals surface area contributed by atoms with E-state index in [9.17, 15) is 19.2 Å². The molecule has 172 valence electrons. The van der Waals surface area contributed by atoms with E-state index < -0.39 is 11.9 Å². The molecule has 0 saturated heterocycles. The van der Waals surface area contributed by atoms with Crippen LogP contribution in [-0.2, 0) is 25.6 Å². The topological polar surface area (TPSA) is 159 Å². The van der Waals surface area contributed by atoms with E-state index in [1.54, 1.807) is 36.7 Å². The maximum Gasteiger partial charge on any atom is 0.325 e. The molecule has 0 fully saturated rings. The predicted octanol–water partition coefficient (Wildman–Crippen LogP) is 0.681. The Kier molecular flexibility index (Phi) is 9.58. The Bertz CT molecular complexity index is 1340. The second-order valence-corrected chi connectivity index (χ2v) is 6.21. The number of H-pyrrole nitrogens is 1. The molecule has 0 aliphatic carbocycles. The van der Waals surface area contributed by atoms with Gasteiger partial charge in [-0.3, -0.25) is 23.7 Å². The molecule has 12 nitrogen and oxygen atoms in total. The van der Waals surface area contributed by atoms with Crippen molar-refractivity contribution in [3.05, 3.63) is 70.0 Å². The van der Waals surface area contributed by atoms with Crippen LogP contribution in [0.2, 0.25) is 0 Å². The van der Waals surface area contributed by atoms with Crippen LogP contribution < -0.4 is 11.1 Å². The number of aromatic nitrogens is 6. The lowest BCUT2D eigenvalue weighted by Crippen LogP contribution is -2.25. The van der Waals surface area contributed by atoms with Crippen LogP contribution in [0.1, 0.15) is 0 Å². The molecule has 0 aliphatic rings. The van der Waals surface area contributed by atoms with Crippen LogP contribution in [-0.4, -0.2) is 61.5 Å². The smallest absolute Gasteiger partial charge is 0.325 e. The Morgan fingerprint density at radius 3 is 2.09 bits per heavy atom. The highest BCUT2D eigenvalue weighted by Gasteiger charge is 2.07. The summed E-state index contributed by atoms with van der Waals surface area (Å²) in [6, 6.07) is 6.66. The number of aromatic amines is 1. The summed E-state index contributed by atoms with van der Waals surface area (Å²) in [7, 11) is 2.56. The quantitative estimate of drug-likeness (QED) is 0.330. The lowest BCUT2D eigenvalue weighted by molar-refractivity contribution is -0.141. The van der Waals surface area contributed by atoms with Gasteiger partial charge in [0.05, 0.1) is 31.3 Å². The third-order valence-electron chi connectivity index (χ3n) is 3.88. The van der Waals surface area contributed by atoms with Crippen LogP contribution in [0, 0.1) is 0 Å². The molecule has 33 heavy (non-hydrogen) atoms. The van der Waals surface area contributed by atoms with Crippen molar-refractivity contribution in [3.63, 3.8) is 0 Å². The number of ether oxygens (including phenoxy) is 2. The average molecular weight is 475 g/mol. The molecule has 0 radical (unpaired) electrons. The molecule has 4 aromatic heterocycles. The monoisotopic (exact) mass is 474 g/mol. The minimum Gasteiger partial charge on any atom is -0.468 e. The Hall–Kier alpha value is -4.19. The molecular weight excluding hydrogens is 456 g/mol. The molecule has 0 aliphatic heterocycles. The normalized spacial score (nSPS) is 9.79. The highest BCUT2D eigenvalue weighted by atomic mass is 35.5. The number of methoxy groups -OCH3 is 2. The number of carbonyl (C=O) groups is 2. The molecule has 0 bridgehead atoms. The van der Waals surface area contributed by atoms with E-state index in [2.05, 4.69) is 34.4 Å². The van der Waals surface area contributed by atoms with Crippen LogP contribution >= 0.6 is 11.6 Å². The average Bonchev–Trinajstić information content (AvgIpc) is 2.86. The number of nitrogens with one attached hydrogen (secondary N) is 1. The fraction of sp³-hybridized carbons (Fsp3) is 0.200. The van der Waals surface area contributed by atoms with Gasteiger partial charge in [0.15, 0.2) is 11.3 Å². The van der Waals surface area contributed by atoms with Gasteiger partial charge in [0.25, 0.3) is 11.1 Å². The summed E-state index contributed by atoms with van der Waals surface area (Å²) >= 11 is 4.98. The van der Waals surface area contributed by atoms with Gasteiger partial charge in [-0.1, -0.05) is 0 Å². The maximum atomic E-state index is 11.9. The van der Waals surface area contributed by atoms with E-state index in [0.29, 0.717) is 22.1 Å². The lowest BCUT2D eigenvalue weighted by atomic mass is 10.3. The first-order valence-corrected chi connectivity index (χ1v) is 9.72. The van der Waals surface area contributed by atoms with Gasteiger partial charge in [-0.05, 0) is 24.3 Å². The van der Waals surface area contributed by atoms with Crippen molar-refractivity contribution in [2.75, 3.05) is 20.1 Å². The molecule has 0 saturated carbocycles. The standard InChI is InChI=1S/C10H9N3O3.C7H5N3O.C3H5ClO2/c1-16-8(14)5-13-6-12-9-7(10(13)15)3-2-4-11-9;11-7-5-2-1-3-8-6(5)9-4-10-7;1-6-3(5)2-4/h2-4,6H,5H2,1H3;1-4H,(H,8,9,10,11);2H2,1H3. The molecule has 4 heterocycles. The molecule has 0 atom stereocenters. The number of fused-ring (bicyclic) bond motifs is 2. The largest absolute Gasteiger partial charge is 0.468 e. The zero-order valence-electron chi connectivity index (χ0n) is 17.6. The third-order valence-corrected chi connectivity index (χ3v) is 4.09. The van der Waals surface area contributed by atoms with E-state index in [0.717, 1.165) is 0 Å². The van der Waals surface area contributed by atoms with Crippen LogP contribution in [0.25, 0.3) is 22.1 Å². The van der Waals surface area contributed by atoms with Crippen LogP contribution in [0.4, 0.5) is 0 Å². The van der Waals surface area contributed by atoms with E-state index in [1.807, 2.05) is 0 Å². The SMILES string of the molecule is COC(=O)CCl.COC(=O)Cn1cnc2ncccc2c1=O.O=c1[nH]cnc2ncccc12. The van der Waals surface area contributed by atoms with Crippen molar-refractivity contribution in [2.24, 2.45) is 0 Å². The Morgan fingerprint density at radius 1 is 0.939 bits per heavy atom. The van der Waals surface area contributed by atoms with Gasteiger partial charge in [-0.2, -0.15) is 0 Å². The molecule has 0 unspecified atom stereocenters. The number of carbonyl (C=O) groups excluding carboxylic acids is 2. The minimum atomic E-state index is -0.493. The van der Waals surface area contributed by atoms with Gasteiger partial charge in [0.2, 0.25) is 0 Å². The summed E-state index contributed by atoms with van der Waals surface area (Å²) in [4.78, 5) is 61.9. The fourth-order valence-electron chi connectivity index (χ4n) is 2.28. The summed E-state index contributed by atoms with van der Waals surface area (Å²) in [6.07, 6.45) is 5.79. The lowest BCUT2D eigenvalue weighted by Gasteiger charge is -2.03. The Labute approximate surface area is 191 Å². The van der Waals surface area contributed by atoms with Crippen molar-refractivity contribution >= 4 is 45.6 Å². The molecular formula is C20H19ClN6O6. The summed E-state index contributed by atoms with van der Waals surface area (Å²) in [5.41, 5.74) is 0.400. The van der Waals surface area contributed by atoms with Gasteiger partial charge < -0.3 is 14.5 Å². The third kappa shape index (κ3) is 7.18. The Balaban J connectivity index is 0.000000196.